The standard InChI is InChI=1S/C22H44O/c1-4-7-8-9-10-11-12-13-14-15-16-17-18-19-20-22(6-3)23-21-5-2/h6,22H,3-5,7-21H2,1-2H3. The highest BCUT2D eigenvalue weighted by molar-refractivity contribution is 4.79. The van der Waals surface area contributed by atoms with Gasteiger partial charge in [0.2, 0.25) is 0 Å². The monoisotopic (exact) mass is 324 g/mol. The topological polar surface area (TPSA) is 9.23 Å². The van der Waals surface area contributed by atoms with E-state index in [1.165, 1.54) is 89.9 Å². The summed E-state index contributed by atoms with van der Waals surface area (Å²) < 4.78 is 5.74. The van der Waals surface area contributed by atoms with E-state index in [0.29, 0.717) is 0 Å². The molecule has 0 aromatic heterocycles. The Hall–Kier alpha value is -0.300. The molecule has 0 aromatic rings. The predicted octanol–water partition coefficient (Wildman–Crippen LogP) is 7.84. The second-order valence-electron chi connectivity index (χ2n) is 7.03. The van der Waals surface area contributed by atoms with Crippen LogP contribution in [-0.2, 0) is 4.74 Å². The third-order valence-corrected chi connectivity index (χ3v) is 4.64. The summed E-state index contributed by atoms with van der Waals surface area (Å²) in [6.45, 7) is 9.19. The van der Waals surface area contributed by atoms with Crippen molar-refractivity contribution in [2.24, 2.45) is 0 Å². The average Bonchev–Trinajstić information content (AvgIpc) is 2.57. The van der Waals surface area contributed by atoms with Gasteiger partial charge in [-0.05, 0) is 12.8 Å². The maximum Gasteiger partial charge on any atom is 0.0753 e. The Kier molecular flexibility index (Phi) is 19.5. The first-order chi connectivity index (χ1) is 11.3. The van der Waals surface area contributed by atoms with Gasteiger partial charge in [0, 0.05) is 6.61 Å². The van der Waals surface area contributed by atoms with Gasteiger partial charge in [0.1, 0.15) is 0 Å². The fraction of sp³-hybridized carbons (Fsp3) is 0.909. The first-order valence-electron chi connectivity index (χ1n) is 10.6. The largest absolute Gasteiger partial charge is 0.374 e. The Bertz CT molecular complexity index is 224. The smallest absolute Gasteiger partial charge is 0.0753 e. The fourth-order valence-corrected chi connectivity index (χ4v) is 3.08. The Morgan fingerprint density at radius 3 is 1.48 bits per heavy atom. The molecule has 0 aliphatic heterocycles. The highest BCUT2D eigenvalue weighted by atomic mass is 16.5. The molecule has 0 fully saturated rings. The van der Waals surface area contributed by atoms with E-state index in [1.807, 2.05) is 6.08 Å². The lowest BCUT2D eigenvalue weighted by molar-refractivity contribution is 0.0783. The van der Waals surface area contributed by atoms with E-state index in [4.69, 9.17) is 4.74 Å². The molecule has 0 rings (SSSR count). The van der Waals surface area contributed by atoms with Gasteiger partial charge >= 0.3 is 0 Å². The van der Waals surface area contributed by atoms with Crippen molar-refractivity contribution in [2.45, 2.75) is 123 Å². The summed E-state index contributed by atoms with van der Waals surface area (Å²) in [6, 6.07) is 0. The lowest BCUT2D eigenvalue weighted by atomic mass is 10.0. The van der Waals surface area contributed by atoms with Crippen LogP contribution in [0.2, 0.25) is 0 Å². The zero-order chi connectivity index (χ0) is 17.0. The van der Waals surface area contributed by atoms with Crippen molar-refractivity contribution < 1.29 is 4.74 Å². The molecule has 1 nitrogen and oxygen atoms in total. The zero-order valence-electron chi connectivity index (χ0n) is 16.3. The second kappa shape index (κ2) is 19.7. The van der Waals surface area contributed by atoms with E-state index in [9.17, 15) is 0 Å². The van der Waals surface area contributed by atoms with Crippen LogP contribution in [0.3, 0.4) is 0 Å². The molecule has 0 amide bonds. The summed E-state index contributed by atoms with van der Waals surface area (Å²) in [5.74, 6) is 0. The highest BCUT2D eigenvalue weighted by Gasteiger charge is 2.03. The molecule has 0 spiro atoms. The van der Waals surface area contributed by atoms with E-state index in [0.717, 1.165) is 19.4 Å². The third-order valence-electron chi connectivity index (χ3n) is 4.64. The fourth-order valence-electron chi connectivity index (χ4n) is 3.08. The molecule has 0 aliphatic carbocycles. The molecule has 0 aliphatic rings. The summed E-state index contributed by atoms with van der Waals surface area (Å²) in [5, 5.41) is 0. The maximum atomic E-state index is 5.74. The van der Waals surface area contributed by atoms with Crippen LogP contribution in [0.1, 0.15) is 117 Å². The van der Waals surface area contributed by atoms with Crippen molar-refractivity contribution in [3.63, 3.8) is 0 Å². The van der Waals surface area contributed by atoms with E-state index < -0.39 is 0 Å². The summed E-state index contributed by atoms with van der Waals surface area (Å²) in [4.78, 5) is 0. The lowest BCUT2D eigenvalue weighted by Gasteiger charge is -2.12. The minimum absolute atomic E-state index is 0.285. The summed E-state index contributed by atoms with van der Waals surface area (Å²) >= 11 is 0. The minimum Gasteiger partial charge on any atom is -0.374 e. The van der Waals surface area contributed by atoms with Crippen LogP contribution in [-0.4, -0.2) is 12.7 Å². The number of unbranched alkanes of at least 4 members (excludes halogenated alkanes) is 13. The molecule has 0 saturated heterocycles. The van der Waals surface area contributed by atoms with Gasteiger partial charge in [0.25, 0.3) is 0 Å². The van der Waals surface area contributed by atoms with E-state index in [1.54, 1.807) is 0 Å². The molecule has 23 heavy (non-hydrogen) atoms. The first kappa shape index (κ1) is 22.7. The van der Waals surface area contributed by atoms with Crippen molar-refractivity contribution in [1.82, 2.24) is 0 Å². The number of hydrogen-bond acceptors (Lipinski definition) is 1. The van der Waals surface area contributed by atoms with E-state index in [-0.39, 0.29) is 6.10 Å². The van der Waals surface area contributed by atoms with Crippen LogP contribution in [0.15, 0.2) is 12.7 Å². The van der Waals surface area contributed by atoms with Crippen LogP contribution in [0.4, 0.5) is 0 Å². The van der Waals surface area contributed by atoms with Crippen LogP contribution in [0.25, 0.3) is 0 Å². The van der Waals surface area contributed by atoms with Gasteiger partial charge in [-0.25, -0.2) is 0 Å². The van der Waals surface area contributed by atoms with Crippen LogP contribution < -0.4 is 0 Å². The molecule has 0 aromatic carbocycles. The summed E-state index contributed by atoms with van der Waals surface area (Å²) in [7, 11) is 0. The minimum atomic E-state index is 0.285. The van der Waals surface area contributed by atoms with Gasteiger partial charge in [-0.2, -0.15) is 0 Å². The second-order valence-corrected chi connectivity index (χ2v) is 7.03. The van der Waals surface area contributed by atoms with E-state index in [2.05, 4.69) is 20.4 Å². The van der Waals surface area contributed by atoms with Gasteiger partial charge < -0.3 is 4.74 Å². The molecule has 1 unspecified atom stereocenters. The molecular formula is C22H44O. The Morgan fingerprint density at radius 2 is 1.09 bits per heavy atom. The molecule has 1 heteroatoms. The van der Waals surface area contributed by atoms with Crippen molar-refractivity contribution in [2.75, 3.05) is 6.61 Å². The maximum absolute atomic E-state index is 5.74. The quantitative estimate of drug-likeness (QED) is 0.174. The van der Waals surface area contributed by atoms with Gasteiger partial charge in [-0.1, -0.05) is 110 Å². The average molecular weight is 325 g/mol. The SMILES string of the molecule is C=CC(CCCCCCCCCCCCCCCC)OCCC. The molecule has 138 valence electrons. The predicted molar refractivity (Wildman–Crippen MR) is 105 cm³/mol. The summed E-state index contributed by atoms with van der Waals surface area (Å²) in [5.41, 5.74) is 0. The number of hydrogen-bond donors (Lipinski definition) is 0. The van der Waals surface area contributed by atoms with Gasteiger partial charge in [0.05, 0.1) is 6.10 Å². The van der Waals surface area contributed by atoms with Crippen LogP contribution >= 0.6 is 0 Å². The molecule has 0 bridgehead atoms. The zero-order valence-corrected chi connectivity index (χ0v) is 16.3. The normalized spacial score (nSPS) is 12.4. The van der Waals surface area contributed by atoms with E-state index >= 15 is 0 Å². The Morgan fingerprint density at radius 1 is 0.652 bits per heavy atom. The van der Waals surface area contributed by atoms with Crippen molar-refractivity contribution in [3.05, 3.63) is 12.7 Å². The van der Waals surface area contributed by atoms with Crippen molar-refractivity contribution in [3.8, 4) is 0 Å². The molecule has 0 N–H and O–H groups in total. The Balaban J connectivity index is 3.14. The van der Waals surface area contributed by atoms with Gasteiger partial charge in [-0.3, -0.25) is 0 Å². The third kappa shape index (κ3) is 17.9. The number of ether oxygens (including phenoxy) is 1. The van der Waals surface area contributed by atoms with Crippen molar-refractivity contribution in [1.29, 1.82) is 0 Å². The highest BCUT2D eigenvalue weighted by Crippen LogP contribution is 2.14. The van der Waals surface area contributed by atoms with Gasteiger partial charge in [-0.15, -0.1) is 6.58 Å². The molecule has 0 saturated carbocycles. The summed E-state index contributed by atoms with van der Waals surface area (Å²) in [6.07, 6.45) is 24.4. The first-order valence-corrected chi connectivity index (χ1v) is 10.6. The van der Waals surface area contributed by atoms with Crippen LogP contribution in [0, 0.1) is 0 Å². The van der Waals surface area contributed by atoms with Crippen molar-refractivity contribution >= 4 is 0 Å². The number of rotatable bonds is 19. The lowest BCUT2D eigenvalue weighted by Crippen LogP contribution is -2.09. The van der Waals surface area contributed by atoms with Crippen LogP contribution in [0.5, 0.6) is 0 Å². The molecular weight excluding hydrogens is 280 g/mol. The Labute approximate surface area is 147 Å². The molecule has 0 heterocycles. The molecule has 1 atom stereocenters. The molecule has 0 radical (unpaired) electrons. The van der Waals surface area contributed by atoms with Gasteiger partial charge in [0.15, 0.2) is 0 Å².